The maximum atomic E-state index is 13.0. The summed E-state index contributed by atoms with van der Waals surface area (Å²) in [5.41, 5.74) is 2.95. The first-order valence-corrected chi connectivity index (χ1v) is 8.98. The lowest BCUT2D eigenvalue weighted by Crippen LogP contribution is -2.23. The van der Waals surface area contributed by atoms with E-state index in [1.165, 1.54) is 6.92 Å². The molecule has 3 aromatic rings. The number of carbonyl (C=O) groups excluding carboxylic acids is 2. The molecular weight excluding hydrogens is 360 g/mol. The number of carbonyl (C=O) groups is 2. The second-order valence-electron chi connectivity index (χ2n) is 6.25. The van der Waals surface area contributed by atoms with Gasteiger partial charge in [0, 0.05) is 34.6 Å². The average Bonchev–Trinajstić information content (AvgIpc) is 2.68. The highest BCUT2D eigenvalue weighted by atomic mass is 35.5. The molecule has 1 heterocycles. The number of ketones is 1. The molecule has 3 rings (SSSR count). The third kappa shape index (κ3) is 5.02. The van der Waals surface area contributed by atoms with Gasteiger partial charge in [-0.2, -0.15) is 0 Å². The van der Waals surface area contributed by atoms with Gasteiger partial charge >= 0.3 is 0 Å². The third-order valence-electron chi connectivity index (χ3n) is 4.29. The van der Waals surface area contributed by atoms with Crippen molar-refractivity contribution >= 4 is 29.0 Å². The number of hydrogen-bond donors (Lipinski definition) is 1. The number of Topliss-reactive ketones (excluding diaryl/α,β-unsaturated/α-hetero) is 1. The molecule has 4 nitrogen and oxygen atoms in total. The van der Waals surface area contributed by atoms with Gasteiger partial charge in [0.1, 0.15) is 0 Å². The number of anilines is 1. The molecule has 1 amide bonds. The number of nitrogens with one attached hydrogen (secondary N) is 1. The van der Waals surface area contributed by atoms with Crippen molar-refractivity contribution in [1.82, 2.24) is 4.98 Å². The van der Waals surface area contributed by atoms with Gasteiger partial charge in [0.25, 0.3) is 0 Å². The molecule has 5 heteroatoms. The lowest BCUT2D eigenvalue weighted by molar-refractivity contribution is -0.117. The fraction of sp³-hybridized carbons (Fsp3) is 0.136. The first-order chi connectivity index (χ1) is 13.0. The number of nitrogens with zero attached hydrogens (tertiary/aromatic N) is 1. The van der Waals surface area contributed by atoms with Crippen molar-refractivity contribution in [2.45, 2.75) is 19.3 Å². The second kappa shape index (κ2) is 8.60. The van der Waals surface area contributed by atoms with Gasteiger partial charge in [0.05, 0.1) is 5.92 Å². The molecule has 0 aliphatic rings. The van der Waals surface area contributed by atoms with Crippen molar-refractivity contribution in [2.75, 3.05) is 5.32 Å². The fourth-order valence-corrected chi connectivity index (χ4v) is 2.93. The molecule has 0 saturated heterocycles. The van der Waals surface area contributed by atoms with E-state index in [-0.39, 0.29) is 11.7 Å². The molecule has 0 bridgehead atoms. The highest BCUT2D eigenvalue weighted by Crippen LogP contribution is 2.24. The van der Waals surface area contributed by atoms with Crippen molar-refractivity contribution in [1.29, 1.82) is 0 Å². The first-order valence-electron chi connectivity index (χ1n) is 8.60. The van der Waals surface area contributed by atoms with Crippen LogP contribution in [0.3, 0.4) is 0 Å². The highest BCUT2D eigenvalue weighted by Gasteiger charge is 2.22. The number of benzene rings is 2. The molecule has 1 unspecified atom stereocenters. The predicted molar refractivity (Wildman–Crippen MR) is 107 cm³/mol. The summed E-state index contributed by atoms with van der Waals surface area (Å²) in [6.45, 7) is 1.51. The summed E-state index contributed by atoms with van der Waals surface area (Å²) in [4.78, 5) is 28.7. The summed E-state index contributed by atoms with van der Waals surface area (Å²) in [6, 6.07) is 19.8. The minimum Gasteiger partial charge on any atom is -0.326 e. The molecule has 0 aliphatic heterocycles. The molecule has 0 aliphatic carbocycles. The maximum absolute atomic E-state index is 13.0. The van der Waals surface area contributed by atoms with Crippen LogP contribution in [-0.2, 0) is 11.2 Å². The zero-order valence-corrected chi connectivity index (χ0v) is 15.6. The zero-order chi connectivity index (χ0) is 19.2. The second-order valence-corrected chi connectivity index (χ2v) is 6.69. The van der Waals surface area contributed by atoms with E-state index >= 15 is 0 Å². The average molecular weight is 379 g/mol. The van der Waals surface area contributed by atoms with E-state index in [9.17, 15) is 9.59 Å². The summed E-state index contributed by atoms with van der Waals surface area (Å²) >= 11 is 5.99. The summed E-state index contributed by atoms with van der Waals surface area (Å²) in [5, 5.41) is 3.55. The fourth-order valence-electron chi connectivity index (χ4n) is 2.80. The van der Waals surface area contributed by atoms with Crippen molar-refractivity contribution in [3.05, 3.63) is 94.8 Å². The Balaban J connectivity index is 1.83. The molecule has 27 heavy (non-hydrogen) atoms. The van der Waals surface area contributed by atoms with Crippen LogP contribution in [0.15, 0.2) is 72.9 Å². The molecule has 136 valence electrons. The van der Waals surface area contributed by atoms with E-state index in [2.05, 4.69) is 10.3 Å². The Bertz CT molecular complexity index is 923. The van der Waals surface area contributed by atoms with E-state index in [1.54, 1.807) is 42.6 Å². The Morgan fingerprint density at radius 1 is 1.00 bits per heavy atom. The van der Waals surface area contributed by atoms with E-state index in [4.69, 9.17) is 11.6 Å². The molecule has 0 spiro atoms. The van der Waals surface area contributed by atoms with Crippen LogP contribution in [-0.4, -0.2) is 16.7 Å². The minimum atomic E-state index is -0.412. The maximum Gasteiger partial charge on any atom is 0.232 e. The van der Waals surface area contributed by atoms with Crippen LogP contribution in [0.1, 0.15) is 34.5 Å². The molecular formula is C22H19ClN2O2. The SMILES string of the molecule is CC(=O)c1ccc(NC(=O)C(Cc2ccccn2)c2ccc(Cl)cc2)cc1. The molecule has 0 saturated carbocycles. The minimum absolute atomic E-state index is 0.0120. The molecule has 0 radical (unpaired) electrons. The van der Waals surface area contributed by atoms with Crippen LogP contribution in [0.25, 0.3) is 0 Å². The smallest absolute Gasteiger partial charge is 0.232 e. The van der Waals surface area contributed by atoms with Gasteiger partial charge in [-0.15, -0.1) is 0 Å². The summed E-state index contributed by atoms with van der Waals surface area (Å²) < 4.78 is 0. The molecule has 1 aromatic heterocycles. The van der Waals surface area contributed by atoms with E-state index in [0.29, 0.717) is 22.7 Å². The predicted octanol–water partition coefficient (Wildman–Crippen LogP) is 4.90. The van der Waals surface area contributed by atoms with Crippen molar-refractivity contribution < 1.29 is 9.59 Å². The lowest BCUT2D eigenvalue weighted by atomic mass is 9.93. The zero-order valence-electron chi connectivity index (χ0n) is 14.9. The van der Waals surface area contributed by atoms with Gasteiger partial charge in [-0.25, -0.2) is 0 Å². The first kappa shape index (κ1) is 18.8. The third-order valence-corrected chi connectivity index (χ3v) is 4.54. The highest BCUT2D eigenvalue weighted by molar-refractivity contribution is 6.30. The van der Waals surface area contributed by atoms with Crippen LogP contribution in [0.2, 0.25) is 5.02 Å². The Morgan fingerprint density at radius 3 is 2.30 bits per heavy atom. The largest absolute Gasteiger partial charge is 0.326 e. The normalized spacial score (nSPS) is 11.6. The number of amides is 1. The van der Waals surface area contributed by atoms with Crippen molar-refractivity contribution in [2.24, 2.45) is 0 Å². The van der Waals surface area contributed by atoms with Gasteiger partial charge in [-0.1, -0.05) is 29.8 Å². The summed E-state index contributed by atoms with van der Waals surface area (Å²) in [5.74, 6) is -0.565. The van der Waals surface area contributed by atoms with Gasteiger partial charge < -0.3 is 5.32 Å². The Kier molecular flexibility index (Phi) is 5.99. The van der Waals surface area contributed by atoms with Crippen LogP contribution in [0.5, 0.6) is 0 Å². The van der Waals surface area contributed by atoms with Gasteiger partial charge in [0.2, 0.25) is 5.91 Å². The van der Waals surface area contributed by atoms with Crippen molar-refractivity contribution in [3.63, 3.8) is 0 Å². The van der Waals surface area contributed by atoms with Crippen LogP contribution >= 0.6 is 11.6 Å². The van der Waals surface area contributed by atoms with E-state index < -0.39 is 5.92 Å². The quantitative estimate of drug-likeness (QED) is 0.620. The van der Waals surface area contributed by atoms with Gasteiger partial charge in [0.15, 0.2) is 5.78 Å². The Hall–Kier alpha value is -2.98. The van der Waals surface area contributed by atoms with Crippen LogP contribution < -0.4 is 5.32 Å². The standard InChI is InChI=1S/C22H19ClN2O2/c1-15(26)16-7-11-19(12-8-16)25-22(27)21(14-20-4-2-3-13-24-20)17-5-9-18(23)10-6-17/h2-13,21H,14H2,1H3,(H,25,27). The van der Waals surface area contributed by atoms with Crippen LogP contribution in [0, 0.1) is 0 Å². The van der Waals surface area contributed by atoms with Gasteiger partial charge in [-0.05, 0) is 61.0 Å². The summed E-state index contributed by atoms with van der Waals surface area (Å²) in [7, 11) is 0. The van der Waals surface area contributed by atoms with E-state index in [0.717, 1.165) is 11.3 Å². The van der Waals surface area contributed by atoms with Crippen molar-refractivity contribution in [3.8, 4) is 0 Å². The number of hydrogen-bond acceptors (Lipinski definition) is 3. The number of rotatable bonds is 6. The topological polar surface area (TPSA) is 59.1 Å². The molecule has 0 fully saturated rings. The number of halogens is 1. The molecule has 2 aromatic carbocycles. The van der Waals surface area contributed by atoms with Crippen LogP contribution in [0.4, 0.5) is 5.69 Å². The number of aromatic nitrogens is 1. The molecule has 1 N–H and O–H groups in total. The summed E-state index contributed by atoms with van der Waals surface area (Å²) in [6.07, 6.45) is 2.19. The monoisotopic (exact) mass is 378 g/mol. The molecule has 1 atom stereocenters. The number of pyridine rings is 1. The Morgan fingerprint density at radius 2 is 1.70 bits per heavy atom. The van der Waals surface area contributed by atoms with Gasteiger partial charge in [-0.3, -0.25) is 14.6 Å². The lowest BCUT2D eigenvalue weighted by Gasteiger charge is -2.17. The van der Waals surface area contributed by atoms with E-state index in [1.807, 2.05) is 30.3 Å². The Labute approximate surface area is 163 Å².